The molecule has 1 fully saturated rings. The summed E-state index contributed by atoms with van der Waals surface area (Å²) >= 11 is 0. The van der Waals surface area contributed by atoms with Crippen molar-refractivity contribution < 1.29 is 18.3 Å². The number of ether oxygens (including phenoxy) is 1. The summed E-state index contributed by atoms with van der Waals surface area (Å²) in [7, 11) is 0. The van der Waals surface area contributed by atoms with Crippen molar-refractivity contribution in [2.24, 2.45) is 0 Å². The fourth-order valence-corrected chi connectivity index (χ4v) is 3.18. The van der Waals surface area contributed by atoms with Crippen molar-refractivity contribution in [2.45, 2.75) is 0 Å². The number of benzene rings is 2. The first kappa shape index (κ1) is 16.4. The molecule has 0 spiro atoms. The number of fused-ring (bicyclic) bond motifs is 1. The molecule has 3 aromatic rings. The number of rotatable bonds is 4. The highest BCUT2D eigenvalue weighted by molar-refractivity contribution is 5.84. The molecule has 1 amide bonds. The second-order valence-corrected chi connectivity index (χ2v) is 6.23. The van der Waals surface area contributed by atoms with Crippen molar-refractivity contribution in [3.63, 3.8) is 0 Å². The van der Waals surface area contributed by atoms with E-state index in [1.807, 2.05) is 18.2 Å². The molecule has 1 saturated heterocycles. The molecule has 26 heavy (non-hydrogen) atoms. The van der Waals surface area contributed by atoms with E-state index in [1.54, 1.807) is 29.4 Å². The third-order valence-corrected chi connectivity index (χ3v) is 4.62. The Balaban J connectivity index is 1.32. The Bertz CT molecular complexity index is 899. The molecule has 0 unspecified atom stereocenters. The summed E-state index contributed by atoms with van der Waals surface area (Å²) in [6.07, 6.45) is 1.61. The van der Waals surface area contributed by atoms with Crippen molar-refractivity contribution in [2.75, 3.05) is 37.7 Å². The van der Waals surface area contributed by atoms with Crippen LogP contribution in [0.1, 0.15) is 0 Å². The van der Waals surface area contributed by atoms with Gasteiger partial charge in [0.25, 0.3) is 5.91 Å². The van der Waals surface area contributed by atoms with E-state index in [9.17, 15) is 9.18 Å². The molecule has 2 heterocycles. The minimum atomic E-state index is -0.244. The van der Waals surface area contributed by atoms with Crippen LogP contribution in [0.4, 0.5) is 10.1 Å². The fraction of sp³-hybridized carbons (Fsp3) is 0.250. The number of hydrogen-bond donors (Lipinski definition) is 0. The Morgan fingerprint density at radius 1 is 1.04 bits per heavy atom. The summed E-state index contributed by atoms with van der Waals surface area (Å²) in [5.41, 5.74) is 1.63. The monoisotopic (exact) mass is 354 g/mol. The van der Waals surface area contributed by atoms with E-state index in [4.69, 9.17) is 9.15 Å². The molecular formula is C20H19FN2O3. The van der Waals surface area contributed by atoms with Gasteiger partial charge in [-0.05, 0) is 36.4 Å². The van der Waals surface area contributed by atoms with E-state index < -0.39 is 0 Å². The minimum Gasteiger partial charge on any atom is -0.480 e. The van der Waals surface area contributed by atoms with Gasteiger partial charge in [0.2, 0.25) is 0 Å². The lowest BCUT2D eigenvalue weighted by Crippen LogP contribution is -2.50. The van der Waals surface area contributed by atoms with Crippen LogP contribution in [-0.2, 0) is 4.79 Å². The summed E-state index contributed by atoms with van der Waals surface area (Å²) in [4.78, 5) is 16.4. The van der Waals surface area contributed by atoms with E-state index >= 15 is 0 Å². The maximum Gasteiger partial charge on any atom is 0.260 e. The summed E-state index contributed by atoms with van der Waals surface area (Å²) in [6.45, 7) is 2.64. The maximum absolute atomic E-state index is 13.0. The average Bonchev–Trinajstić information content (AvgIpc) is 3.16. The largest absolute Gasteiger partial charge is 0.480 e. The lowest BCUT2D eigenvalue weighted by Gasteiger charge is -2.36. The number of carbonyl (C=O) groups excluding carboxylic acids is 1. The molecule has 5 nitrogen and oxygen atoms in total. The van der Waals surface area contributed by atoms with Gasteiger partial charge in [0, 0.05) is 37.3 Å². The highest BCUT2D eigenvalue weighted by atomic mass is 19.1. The standard InChI is InChI=1S/C20H19FN2O3/c21-16-4-6-17(7-5-16)22-9-11-23(12-10-22)19(24)14-26-18-3-1-2-15-8-13-25-20(15)18/h1-8,13H,9-12,14H2. The van der Waals surface area contributed by atoms with Crippen LogP contribution in [0.15, 0.2) is 59.2 Å². The molecule has 6 heteroatoms. The van der Waals surface area contributed by atoms with Gasteiger partial charge in [0.05, 0.1) is 6.26 Å². The molecule has 0 N–H and O–H groups in total. The molecule has 0 radical (unpaired) electrons. The minimum absolute atomic E-state index is 0.0175. The van der Waals surface area contributed by atoms with Crippen LogP contribution in [0.5, 0.6) is 5.75 Å². The molecule has 134 valence electrons. The fourth-order valence-electron chi connectivity index (χ4n) is 3.18. The average molecular weight is 354 g/mol. The van der Waals surface area contributed by atoms with Crippen LogP contribution in [0.3, 0.4) is 0 Å². The van der Waals surface area contributed by atoms with Crippen LogP contribution in [0.25, 0.3) is 11.0 Å². The first-order valence-corrected chi connectivity index (χ1v) is 8.58. The van der Waals surface area contributed by atoms with Crippen molar-refractivity contribution in [1.29, 1.82) is 0 Å². The molecule has 0 saturated carbocycles. The van der Waals surface area contributed by atoms with E-state index in [1.165, 1.54) is 12.1 Å². The first-order valence-electron chi connectivity index (χ1n) is 8.58. The van der Waals surface area contributed by atoms with Crippen LogP contribution in [-0.4, -0.2) is 43.6 Å². The number of amides is 1. The highest BCUT2D eigenvalue weighted by Crippen LogP contribution is 2.26. The van der Waals surface area contributed by atoms with Crippen molar-refractivity contribution in [1.82, 2.24) is 4.90 Å². The van der Waals surface area contributed by atoms with Crippen LogP contribution in [0, 0.1) is 5.82 Å². The van der Waals surface area contributed by atoms with Gasteiger partial charge in [-0.1, -0.05) is 12.1 Å². The zero-order valence-electron chi connectivity index (χ0n) is 14.2. The summed E-state index contributed by atoms with van der Waals surface area (Å²) < 4.78 is 24.1. The highest BCUT2D eigenvalue weighted by Gasteiger charge is 2.22. The Kier molecular flexibility index (Phi) is 4.48. The summed E-state index contributed by atoms with van der Waals surface area (Å²) in [6, 6.07) is 13.9. The number of anilines is 1. The first-order chi connectivity index (χ1) is 12.7. The normalized spacial score (nSPS) is 14.7. The second-order valence-electron chi connectivity index (χ2n) is 6.23. The molecule has 1 aliphatic rings. The van der Waals surface area contributed by atoms with E-state index in [0.29, 0.717) is 37.5 Å². The quantitative estimate of drug-likeness (QED) is 0.721. The van der Waals surface area contributed by atoms with Crippen LogP contribution in [0.2, 0.25) is 0 Å². The predicted octanol–water partition coefficient (Wildman–Crippen LogP) is 3.30. The number of para-hydroxylation sites is 1. The van der Waals surface area contributed by atoms with E-state index in [2.05, 4.69) is 4.90 Å². The number of halogens is 1. The summed E-state index contributed by atoms with van der Waals surface area (Å²) in [5.74, 6) is 0.282. The van der Waals surface area contributed by atoms with Crippen molar-refractivity contribution in [3.05, 3.63) is 60.6 Å². The van der Waals surface area contributed by atoms with Crippen molar-refractivity contribution >= 4 is 22.6 Å². The van der Waals surface area contributed by atoms with Crippen LogP contribution < -0.4 is 9.64 Å². The Hall–Kier alpha value is -3.02. The number of nitrogens with zero attached hydrogens (tertiary/aromatic N) is 2. The zero-order valence-corrected chi connectivity index (χ0v) is 14.2. The van der Waals surface area contributed by atoms with Gasteiger partial charge >= 0.3 is 0 Å². The second kappa shape index (κ2) is 7.07. The van der Waals surface area contributed by atoms with Gasteiger partial charge in [-0.2, -0.15) is 0 Å². The number of carbonyl (C=O) groups is 1. The zero-order chi connectivity index (χ0) is 17.9. The topological polar surface area (TPSA) is 45.9 Å². The van der Waals surface area contributed by atoms with Crippen LogP contribution >= 0.6 is 0 Å². The molecular weight excluding hydrogens is 335 g/mol. The third kappa shape index (κ3) is 3.35. The smallest absolute Gasteiger partial charge is 0.260 e. The molecule has 1 aliphatic heterocycles. The maximum atomic E-state index is 13.0. The molecule has 0 aliphatic carbocycles. The summed E-state index contributed by atoms with van der Waals surface area (Å²) in [5, 5.41) is 0.947. The Labute approximate surface area is 150 Å². The number of piperazine rings is 1. The van der Waals surface area contributed by atoms with E-state index in [-0.39, 0.29) is 18.3 Å². The molecule has 1 aromatic heterocycles. The predicted molar refractivity (Wildman–Crippen MR) is 96.9 cm³/mol. The van der Waals surface area contributed by atoms with Gasteiger partial charge in [-0.3, -0.25) is 4.79 Å². The Morgan fingerprint density at radius 2 is 1.81 bits per heavy atom. The third-order valence-electron chi connectivity index (χ3n) is 4.62. The van der Waals surface area contributed by atoms with Crippen molar-refractivity contribution in [3.8, 4) is 5.75 Å². The molecule has 0 atom stereocenters. The van der Waals surface area contributed by atoms with Gasteiger partial charge < -0.3 is 19.0 Å². The Morgan fingerprint density at radius 3 is 2.58 bits per heavy atom. The van der Waals surface area contributed by atoms with E-state index in [0.717, 1.165) is 11.1 Å². The number of furan rings is 1. The number of hydrogen-bond acceptors (Lipinski definition) is 4. The molecule has 4 rings (SSSR count). The van der Waals surface area contributed by atoms with Gasteiger partial charge in [0.15, 0.2) is 17.9 Å². The lowest BCUT2D eigenvalue weighted by molar-refractivity contribution is -0.133. The lowest BCUT2D eigenvalue weighted by atomic mass is 10.2. The molecule has 0 bridgehead atoms. The van der Waals surface area contributed by atoms with Gasteiger partial charge in [-0.15, -0.1) is 0 Å². The SMILES string of the molecule is O=C(COc1cccc2ccoc12)N1CCN(c2ccc(F)cc2)CC1. The van der Waals surface area contributed by atoms with Gasteiger partial charge in [-0.25, -0.2) is 4.39 Å². The molecule has 2 aromatic carbocycles. The van der Waals surface area contributed by atoms with Gasteiger partial charge in [0.1, 0.15) is 5.82 Å².